The molecule has 6 nitrogen and oxygen atoms in total. The highest BCUT2D eigenvalue weighted by Crippen LogP contribution is 2.36. The third kappa shape index (κ3) is 3.23. The summed E-state index contributed by atoms with van der Waals surface area (Å²) in [5.74, 6) is 1.16. The Kier molecular flexibility index (Phi) is 4.29. The summed E-state index contributed by atoms with van der Waals surface area (Å²) in [7, 11) is 0. The second kappa shape index (κ2) is 7.32. The zero-order valence-corrected chi connectivity index (χ0v) is 17.9. The maximum Gasteiger partial charge on any atom is 0.258 e. The van der Waals surface area contributed by atoms with Gasteiger partial charge in [0.15, 0.2) is 16.6 Å². The number of carbonyl (C=O) groups is 1. The predicted octanol–water partition coefficient (Wildman–Crippen LogP) is 5.80. The van der Waals surface area contributed by atoms with E-state index < -0.39 is 0 Å². The summed E-state index contributed by atoms with van der Waals surface area (Å²) in [6.07, 6.45) is 0. The lowest BCUT2D eigenvalue weighted by atomic mass is 10.0. The summed E-state index contributed by atoms with van der Waals surface area (Å²) < 4.78 is 12.0. The molecule has 1 N–H and O–H groups in total. The molecule has 0 fully saturated rings. The summed E-state index contributed by atoms with van der Waals surface area (Å²) in [4.78, 5) is 22.7. The lowest BCUT2D eigenvalue weighted by Gasteiger charge is -2.10. The fourth-order valence-electron chi connectivity index (χ4n) is 3.82. The van der Waals surface area contributed by atoms with Crippen LogP contribution in [0.5, 0.6) is 11.5 Å². The molecule has 156 valence electrons. The molecular formula is C25H17N3O3S. The number of rotatable bonds is 3. The topological polar surface area (TPSA) is 73.3 Å². The van der Waals surface area contributed by atoms with Crippen LogP contribution in [0.1, 0.15) is 15.9 Å². The van der Waals surface area contributed by atoms with Gasteiger partial charge in [-0.1, -0.05) is 35.6 Å². The number of carbonyl (C=O) groups excluding carboxylic acids is 1. The SMILES string of the molecule is Cc1ccc2nc(NC(=O)c3cc(-c4ccc5c(c4)OCO5)nc4ccccc34)sc2c1. The second-order valence-electron chi connectivity index (χ2n) is 7.58. The van der Waals surface area contributed by atoms with Crippen molar-refractivity contribution in [1.82, 2.24) is 9.97 Å². The van der Waals surface area contributed by atoms with Crippen molar-refractivity contribution in [3.63, 3.8) is 0 Å². The number of amides is 1. The number of benzene rings is 3. The van der Waals surface area contributed by atoms with Gasteiger partial charge in [0.25, 0.3) is 5.91 Å². The number of aromatic nitrogens is 2. The Balaban J connectivity index is 1.42. The van der Waals surface area contributed by atoms with Gasteiger partial charge in [0, 0.05) is 10.9 Å². The molecule has 0 saturated carbocycles. The van der Waals surface area contributed by atoms with Crippen LogP contribution in [0, 0.1) is 6.92 Å². The predicted molar refractivity (Wildman–Crippen MR) is 126 cm³/mol. The number of hydrogen-bond donors (Lipinski definition) is 1. The highest BCUT2D eigenvalue weighted by molar-refractivity contribution is 7.22. The maximum absolute atomic E-state index is 13.3. The van der Waals surface area contributed by atoms with Crippen LogP contribution in [0.2, 0.25) is 0 Å². The molecule has 6 rings (SSSR count). The fourth-order valence-corrected chi connectivity index (χ4v) is 4.78. The van der Waals surface area contributed by atoms with Crippen LogP contribution in [0.4, 0.5) is 5.13 Å². The standard InChI is InChI=1S/C25H17N3O3S/c1-14-6-8-19-23(10-14)32-25(27-19)28-24(29)17-12-20(26-18-5-3-2-4-16(17)18)15-7-9-21-22(11-15)31-13-30-21/h2-12H,13H2,1H3,(H,27,28,29). The molecule has 1 aliphatic heterocycles. The quantitative estimate of drug-likeness (QED) is 0.385. The fraction of sp³-hybridized carbons (Fsp3) is 0.0800. The van der Waals surface area contributed by atoms with Gasteiger partial charge >= 0.3 is 0 Å². The first-order valence-electron chi connectivity index (χ1n) is 10.1. The molecule has 0 saturated heterocycles. The molecule has 7 heteroatoms. The molecule has 1 amide bonds. The molecule has 0 radical (unpaired) electrons. The Morgan fingerprint density at radius 3 is 2.75 bits per heavy atom. The minimum Gasteiger partial charge on any atom is -0.454 e. The van der Waals surface area contributed by atoms with Gasteiger partial charge in [-0.15, -0.1) is 0 Å². The Morgan fingerprint density at radius 1 is 0.938 bits per heavy atom. The molecule has 0 spiro atoms. The highest BCUT2D eigenvalue weighted by atomic mass is 32.1. The van der Waals surface area contributed by atoms with Crippen LogP contribution in [0.3, 0.4) is 0 Å². The van der Waals surface area contributed by atoms with E-state index in [0.717, 1.165) is 32.2 Å². The Labute approximate surface area is 187 Å². The van der Waals surface area contributed by atoms with Crippen molar-refractivity contribution < 1.29 is 14.3 Å². The van der Waals surface area contributed by atoms with E-state index >= 15 is 0 Å². The van der Waals surface area contributed by atoms with Crippen molar-refractivity contribution >= 4 is 43.5 Å². The zero-order valence-electron chi connectivity index (χ0n) is 17.1. The van der Waals surface area contributed by atoms with E-state index in [1.54, 1.807) is 0 Å². The molecule has 3 aromatic carbocycles. The van der Waals surface area contributed by atoms with Crippen LogP contribution in [-0.2, 0) is 0 Å². The van der Waals surface area contributed by atoms with Gasteiger partial charge in [-0.2, -0.15) is 0 Å². The molecule has 0 unspecified atom stereocenters. The Morgan fingerprint density at radius 2 is 1.81 bits per heavy atom. The van der Waals surface area contributed by atoms with E-state index in [0.29, 0.717) is 27.9 Å². The number of nitrogens with one attached hydrogen (secondary N) is 1. The summed E-state index contributed by atoms with van der Waals surface area (Å²) >= 11 is 1.46. The lowest BCUT2D eigenvalue weighted by Crippen LogP contribution is -2.13. The van der Waals surface area contributed by atoms with Gasteiger partial charge in [0.2, 0.25) is 6.79 Å². The number of pyridine rings is 1. The molecule has 32 heavy (non-hydrogen) atoms. The number of ether oxygens (including phenoxy) is 2. The average molecular weight is 439 g/mol. The number of thiazole rings is 1. The van der Waals surface area contributed by atoms with Gasteiger partial charge in [0.05, 0.1) is 27.0 Å². The molecular weight excluding hydrogens is 422 g/mol. The minimum absolute atomic E-state index is 0.208. The molecule has 0 atom stereocenters. The van der Waals surface area contributed by atoms with Gasteiger partial charge in [-0.3, -0.25) is 10.1 Å². The van der Waals surface area contributed by atoms with Crippen LogP contribution >= 0.6 is 11.3 Å². The lowest BCUT2D eigenvalue weighted by molar-refractivity contribution is 0.102. The van der Waals surface area contributed by atoms with Gasteiger partial charge in [-0.05, 0) is 55.0 Å². The minimum atomic E-state index is -0.221. The molecule has 3 heterocycles. The first-order chi connectivity index (χ1) is 15.6. The third-order valence-corrected chi connectivity index (χ3v) is 6.33. The van der Waals surface area contributed by atoms with Crippen LogP contribution < -0.4 is 14.8 Å². The Hall–Kier alpha value is -3.97. The van der Waals surface area contributed by atoms with Gasteiger partial charge in [0.1, 0.15) is 0 Å². The van der Waals surface area contributed by atoms with Crippen molar-refractivity contribution in [2.24, 2.45) is 0 Å². The molecule has 0 aliphatic carbocycles. The van der Waals surface area contributed by atoms with Crippen molar-refractivity contribution in [3.05, 3.63) is 77.9 Å². The molecule has 0 bridgehead atoms. The summed E-state index contributed by atoms with van der Waals surface area (Å²) in [6.45, 7) is 2.25. The van der Waals surface area contributed by atoms with E-state index in [9.17, 15) is 4.79 Å². The summed E-state index contributed by atoms with van der Waals surface area (Å²) in [5.41, 5.74) is 4.85. The van der Waals surface area contributed by atoms with Gasteiger partial charge < -0.3 is 9.47 Å². The molecule has 1 aliphatic rings. The van der Waals surface area contributed by atoms with Crippen LogP contribution in [0.15, 0.2) is 66.7 Å². The van der Waals surface area contributed by atoms with E-state index in [-0.39, 0.29) is 12.7 Å². The monoisotopic (exact) mass is 439 g/mol. The largest absolute Gasteiger partial charge is 0.454 e. The van der Waals surface area contributed by atoms with E-state index in [1.165, 1.54) is 11.3 Å². The van der Waals surface area contributed by atoms with Crippen LogP contribution in [-0.4, -0.2) is 22.7 Å². The van der Waals surface area contributed by atoms with E-state index in [1.807, 2.05) is 67.6 Å². The number of aryl methyl sites for hydroxylation is 1. The number of anilines is 1. The van der Waals surface area contributed by atoms with Crippen LogP contribution in [0.25, 0.3) is 32.4 Å². The number of nitrogens with zero attached hydrogens (tertiary/aromatic N) is 2. The number of fused-ring (bicyclic) bond motifs is 3. The zero-order chi connectivity index (χ0) is 21.7. The second-order valence-corrected chi connectivity index (χ2v) is 8.62. The molecule has 5 aromatic rings. The summed E-state index contributed by atoms with van der Waals surface area (Å²) in [5, 5.41) is 4.33. The maximum atomic E-state index is 13.3. The number of hydrogen-bond acceptors (Lipinski definition) is 6. The Bertz CT molecular complexity index is 1530. The molecule has 2 aromatic heterocycles. The van der Waals surface area contributed by atoms with E-state index in [2.05, 4.69) is 16.4 Å². The first kappa shape index (κ1) is 18.8. The van der Waals surface area contributed by atoms with Crippen molar-refractivity contribution in [3.8, 4) is 22.8 Å². The van der Waals surface area contributed by atoms with Crippen molar-refractivity contribution in [2.75, 3.05) is 12.1 Å². The summed E-state index contributed by atoms with van der Waals surface area (Å²) in [6, 6.07) is 21.2. The number of para-hydroxylation sites is 1. The van der Waals surface area contributed by atoms with E-state index in [4.69, 9.17) is 14.5 Å². The third-order valence-electron chi connectivity index (χ3n) is 5.39. The average Bonchev–Trinajstić information content (AvgIpc) is 3.43. The van der Waals surface area contributed by atoms with Gasteiger partial charge in [-0.25, -0.2) is 9.97 Å². The van der Waals surface area contributed by atoms with Crippen molar-refractivity contribution in [2.45, 2.75) is 6.92 Å². The highest BCUT2D eigenvalue weighted by Gasteiger charge is 2.18. The smallest absolute Gasteiger partial charge is 0.258 e. The van der Waals surface area contributed by atoms with Crippen molar-refractivity contribution in [1.29, 1.82) is 0 Å². The normalized spacial score (nSPS) is 12.4. The first-order valence-corrected chi connectivity index (χ1v) is 10.9.